The summed E-state index contributed by atoms with van der Waals surface area (Å²) in [5, 5.41) is 6.06. The second-order valence-electron chi connectivity index (χ2n) is 12.9. The molecule has 0 saturated heterocycles. The first-order valence-corrected chi connectivity index (χ1v) is 16.9. The van der Waals surface area contributed by atoms with Gasteiger partial charge in [0.15, 0.2) is 20.0 Å². The van der Waals surface area contributed by atoms with Gasteiger partial charge in [0.05, 0.1) is 25.0 Å². The van der Waals surface area contributed by atoms with Crippen molar-refractivity contribution in [3.05, 3.63) is 41.5 Å². The summed E-state index contributed by atoms with van der Waals surface area (Å²) in [6, 6.07) is 3.68. The maximum atomic E-state index is 16.3. The van der Waals surface area contributed by atoms with Crippen molar-refractivity contribution < 1.29 is 23.1 Å². The summed E-state index contributed by atoms with van der Waals surface area (Å²) in [5.74, 6) is 0.213. The number of hydrogen-bond acceptors (Lipinski definition) is 8. The van der Waals surface area contributed by atoms with Crippen LogP contribution in [0.15, 0.2) is 24.4 Å². The van der Waals surface area contributed by atoms with Gasteiger partial charge in [-0.05, 0) is 63.9 Å². The molecule has 9 nitrogen and oxygen atoms in total. The minimum Gasteiger partial charge on any atom is -0.494 e. The summed E-state index contributed by atoms with van der Waals surface area (Å²) >= 11 is 0. The summed E-state index contributed by atoms with van der Waals surface area (Å²) in [4.78, 5) is 23.5. The normalized spacial score (nSPS) is 16.5. The zero-order chi connectivity index (χ0) is 30.8. The highest BCUT2D eigenvalue weighted by Crippen LogP contribution is 2.41. The molecular weight excluding hydrogens is 541 g/mol. The Balaban J connectivity index is 2.06. The maximum Gasteiger partial charge on any atom is 0.410 e. The molecule has 1 atom stereocenters. The fourth-order valence-corrected chi connectivity index (χ4v) is 5.64. The van der Waals surface area contributed by atoms with E-state index in [0.29, 0.717) is 30.1 Å². The van der Waals surface area contributed by atoms with Crippen molar-refractivity contribution in [3.8, 4) is 5.75 Å². The van der Waals surface area contributed by atoms with Gasteiger partial charge >= 0.3 is 6.09 Å². The Hall–Kier alpha value is -3.18. The summed E-state index contributed by atoms with van der Waals surface area (Å²) in [6.07, 6.45) is 2.93. The predicted octanol–water partition coefficient (Wildman–Crippen LogP) is 7.13. The van der Waals surface area contributed by atoms with E-state index in [9.17, 15) is 4.79 Å². The molecule has 41 heavy (non-hydrogen) atoms. The third-order valence-corrected chi connectivity index (χ3v) is 11.9. The topological polar surface area (TPSA) is 97.8 Å². The fourth-order valence-electron chi connectivity index (χ4n) is 4.30. The van der Waals surface area contributed by atoms with E-state index in [1.54, 1.807) is 11.0 Å². The molecular formula is C30H46FN5O4Si. The number of ether oxygens (including phenoxy) is 2. The maximum absolute atomic E-state index is 16.3. The van der Waals surface area contributed by atoms with Crippen LogP contribution >= 0.6 is 0 Å². The van der Waals surface area contributed by atoms with Gasteiger partial charge in [-0.3, -0.25) is 0 Å². The van der Waals surface area contributed by atoms with Crippen LogP contribution in [0.1, 0.15) is 59.2 Å². The minimum atomic E-state index is -2.24. The van der Waals surface area contributed by atoms with Gasteiger partial charge in [0.2, 0.25) is 0 Å². The summed E-state index contributed by atoms with van der Waals surface area (Å²) in [6.45, 7) is 18.8. The Bertz CT molecular complexity index is 1290. The molecule has 1 amide bonds. The van der Waals surface area contributed by atoms with Crippen LogP contribution in [0.5, 0.6) is 5.75 Å². The monoisotopic (exact) mass is 587 g/mol. The molecule has 3 rings (SSSR count). The van der Waals surface area contributed by atoms with E-state index in [1.807, 2.05) is 46.9 Å². The van der Waals surface area contributed by atoms with E-state index in [1.165, 1.54) is 13.3 Å². The van der Waals surface area contributed by atoms with Crippen LogP contribution in [0.25, 0.3) is 5.57 Å². The van der Waals surface area contributed by atoms with E-state index < -0.39 is 25.8 Å². The number of anilines is 3. The van der Waals surface area contributed by atoms with E-state index in [2.05, 4.69) is 54.5 Å². The first-order chi connectivity index (χ1) is 18.9. The highest BCUT2D eigenvalue weighted by atomic mass is 28.4. The molecule has 1 unspecified atom stereocenters. The average Bonchev–Trinajstić information content (AvgIpc) is 3.05. The van der Waals surface area contributed by atoms with Gasteiger partial charge in [-0.2, -0.15) is 0 Å². The second-order valence-corrected chi connectivity index (χ2v) is 17.7. The lowest BCUT2D eigenvalue weighted by Gasteiger charge is -2.40. The molecule has 0 aromatic carbocycles. The third-order valence-electron chi connectivity index (χ3n) is 7.36. The van der Waals surface area contributed by atoms with Crippen LogP contribution in [-0.4, -0.2) is 68.2 Å². The number of nitrogens with one attached hydrogen (secondary N) is 2. The lowest BCUT2D eigenvalue weighted by Crippen LogP contribution is -2.48. The molecule has 0 spiro atoms. The zero-order valence-electron chi connectivity index (χ0n) is 26.4. The number of halogens is 1. The van der Waals surface area contributed by atoms with Gasteiger partial charge in [0, 0.05) is 37.6 Å². The lowest BCUT2D eigenvalue weighted by molar-refractivity contribution is 0.0196. The number of hydrogen-bond donors (Lipinski definition) is 2. The number of carbonyl (C=O) groups is 1. The standard InChI is InChI=1S/C30H46FN5O4Si/c1-19-14-21(32-8)16-24(34-19)35-27-26(31)25(23(38-9)17-33-27)20-12-13-36(28(37)39-29(2,3)4)18-22(15-20)40-41(10,11)30(5,6)7/h12,14,16-17,22H,13,15,18H2,1-11H3,(H2,32,33,34,35). The molecule has 1 aliphatic rings. The van der Waals surface area contributed by atoms with Crippen molar-refractivity contribution in [3.63, 3.8) is 0 Å². The molecule has 0 bridgehead atoms. The number of nitrogens with zero attached hydrogens (tertiary/aromatic N) is 3. The molecule has 0 aliphatic carbocycles. The van der Waals surface area contributed by atoms with Crippen LogP contribution in [0.3, 0.4) is 0 Å². The third kappa shape index (κ3) is 8.19. The molecule has 3 heterocycles. The fraction of sp³-hybridized carbons (Fsp3) is 0.567. The molecule has 0 radical (unpaired) electrons. The van der Waals surface area contributed by atoms with Crippen LogP contribution in [0.4, 0.5) is 26.5 Å². The van der Waals surface area contributed by atoms with Gasteiger partial charge in [-0.25, -0.2) is 19.2 Å². The van der Waals surface area contributed by atoms with Crippen molar-refractivity contribution in [1.29, 1.82) is 0 Å². The average molecular weight is 588 g/mol. The van der Waals surface area contributed by atoms with Gasteiger partial charge in [-0.1, -0.05) is 26.8 Å². The number of rotatable bonds is 7. The van der Waals surface area contributed by atoms with Crippen molar-refractivity contribution in [2.45, 2.75) is 84.7 Å². The van der Waals surface area contributed by atoms with Gasteiger partial charge in [-0.15, -0.1) is 0 Å². The summed E-state index contributed by atoms with van der Waals surface area (Å²) in [5.41, 5.74) is 1.92. The largest absolute Gasteiger partial charge is 0.494 e. The first kappa shape index (κ1) is 32.3. The molecule has 1 aliphatic heterocycles. The van der Waals surface area contributed by atoms with Gasteiger partial charge < -0.3 is 29.4 Å². The highest BCUT2D eigenvalue weighted by molar-refractivity contribution is 6.74. The van der Waals surface area contributed by atoms with E-state index >= 15 is 4.39 Å². The second kappa shape index (κ2) is 12.4. The van der Waals surface area contributed by atoms with Crippen molar-refractivity contribution in [1.82, 2.24) is 14.9 Å². The quantitative estimate of drug-likeness (QED) is 0.330. The molecule has 11 heteroatoms. The Morgan fingerprint density at radius 3 is 2.44 bits per heavy atom. The molecule has 0 saturated carbocycles. The smallest absolute Gasteiger partial charge is 0.410 e. The Labute approximate surface area is 245 Å². The Kier molecular flexibility index (Phi) is 9.75. The van der Waals surface area contributed by atoms with Crippen molar-refractivity contribution >= 4 is 37.3 Å². The van der Waals surface area contributed by atoms with Crippen LogP contribution < -0.4 is 15.4 Å². The summed E-state index contributed by atoms with van der Waals surface area (Å²) in [7, 11) is 1.06. The molecule has 2 aromatic heterocycles. The molecule has 2 aromatic rings. The van der Waals surface area contributed by atoms with Crippen molar-refractivity contribution in [2.75, 3.05) is 37.9 Å². The Morgan fingerprint density at radius 1 is 1.17 bits per heavy atom. The van der Waals surface area contributed by atoms with Crippen LogP contribution in [0, 0.1) is 12.7 Å². The number of methoxy groups -OCH3 is 1. The number of aryl methyl sites for hydroxylation is 1. The van der Waals surface area contributed by atoms with E-state index in [0.717, 1.165) is 11.4 Å². The van der Waals surface area contributed by atoms with E-state index in [-0.39, 0.29) is 29.1 Å². The van der Waals surface area contributed by atoms with Crippen LogP contribution in [-0.2, 0) is 9.16 Å². The molecule has 0 fully saturated rings. The molecule has 226 valence electrons. The number of amides is 1. The molecule has 2 N–H and O–H groups in total. The number of pyridine rings is 2. The van der Waals surface area contributed by atoms with E-state index in [4.69, 9.17) is 13.9 Å². The number of aromatic nitrogens is 2. The highest BCUT2D eigenvalue weighted by Gasteiger charge is 2.41. The lowest BCUT2D eigenvalue weighted by atomic mass is 9.99. The first-order valence-electron chi connectivity index (χ1n) is 13.9. The van der Waals surface area contributed by atoms with Crippen molar-refractivity contribution in [2.24, 2.45) is 0 Å². The van der Waals surface area contributed by atoms with Gasteiger partial charge in [0.25, 0.3) is 0 Å². The van der Waals surface area contributed by atoms with Gasteiger partial charge in [0.1, 0.15) is 17.2 Å². The number of carbonyl (C=O) groups excluding carboxylic acids is 1. The SMILES string of the molecule is CNc1cc(C)nc(Nc2ncc(OC)c(C3=CCN(C(=O)OC(C)(C)C)CC(O[Si](C)(C)C(C)(C)C)C3)c2F)c1. The summed E-state index contributed by atoms with van der Waals surface area (Å²) < 4.78 is 34.4. The Morgan fingerprint density at radius 2 is 1.85 bits per heavy atom. The zero-order valence-corrected chi connectivity index (χ0v) is 27.4. The minimum absolute atomic E-state index is 0.0250. The predicted molar refractivity (Wildman–Crippen MR) is 165 cm³/mol. The van der Waals surface area contributed by atoms with Crippen LogP contribution in [0.2, 0.25) is 18.1 Å².